The van der Waals surface area contributed by atoms with Crippen molar-refractivity contribution in [2.45, 2.75) is 45.9 Å². The minimum atomic E-state index is -0.737. The van der Waals surface area contributed by atoms with Gasteiger partial charge in [0.2, 0.25) is 0 Å². The third-order valence-corrected chi connectivity index (χ3v) is 7.15. The van der Waals surface area contributed by atoms with E-state index in [-0.39, 0.29) is 17.9 Å². The van der Waals surface area contributed by atoms with Crippen LogP contribution in [0.25, 0.3) is 5.76 Å². The lowest BCUT2D eigenvalue weighted by Gasteiger charge is -2.25. The summed E-state index contributed by atoms with van der Waals surface area (Å²) in [5, 5.41) is 11.4. The van der Waals surface area contributed by atoms with Crippen molar-refractivity contribution < 1.29 is 19.4 Å². The third-order valence-electron chi connectivity index (χ3n) is 7.15. The molecule has 3 aromatic carbocycles. The number of aryl methyl sites for hydroxylation is 1. The van der Waals surface area contributed by atoms with Crippen molar-refractivity contribution in [2.75, 3.05) is 0 Å². The van der Waals surface area contributed by atoms with E-state index in [4.69, 9.17) is 4.74 Å². The summed E-state index contributed by atoms with van der Waals surface area (Å²) in [5.41, 5.74) is 5.43. The average Bonchev–Trinajstić information content (AvgIpc) is 3.21. The van der Waals surface area contributed by atoms with Crippen LogP contribution in [0.4, 0.5) is 0 Å². The minimum Gasteiger partial charge on any atom is -0.507 e. The van der Waals surface area contributed by atoms with Gasteiger partial charge in [-0.05, 0) is 65.4 Å². The van der Waals surface area contributed by atoms with Gasteiger partial charge in [0.05, 0.1) is 11.6 Å². The fraction of sp³-hybridized carbons (Fsp3) is 0.206. The molecular formula is C34H32N2O4. The van der Waals surface area contributed by atoms with Gasteiger partial charge in [0.1, 0.15) is 18.1 Å². The molecule has 0 saturated carbocycles. The van der Waals surface area contributed by atoms with Crippen LogP contribution in [0, 0.1) is 6.92 Å². The zero-order valence-electron chi connectivity index (χ0n) is 22.9. The van der Waals surface area contributed by atoms with Gasteiger partial charge >= 0.3 is 0 Å². The standard InChI is InChI=1S/C34H32N2O4/c1-22(2)26-9-11-27(12-10-26)31-30(33(38)34(39)36(31)20-25-8-5-17-35-19-25)32(37)28-13-15-29(16-14-28)40-21-24-7-4-6-23(3)18-24/h4-19,22,31,37H,20-21H2,1-3H3/t31-/m0/s1. The number of carbonyl (C=O) groups excluding carboxylic acids is 2. The Morgan fingerprint density at radius 3 is 2.33 bits per heavy atom. The first-order valence-corrected chi connectivity index (χ1v) is 13.4. The van der Waals surface area contributed by atoms with Gasteiger partial charge in [-0.25, -0.2) is 0 Å². The van der Waals surface area contributed by atoms with Crippen LogP contribution in [-0.4, -0.2) is 26.7 Å². The predicted molar refractivity (Wildman–Crippen MR) is 155 cm³/mol. The summed E-state index contributed by atoms with van der Waals surface area (Å²) < 4.78 is 5.92. The number of pyridine rings is 1. The molecule has 5 rings (SSSR count). The normalized spacial score (nSPS) is 16.5. The maximum absolute atomic E-state index is 13.4. The molecule has 1 aliphatic heterocycles. The summed E-state index contributed by atoms with van der Waals surface area (Å²) in [5.74, 6) is -0.603. The molecule has 0 aliphatic carbocycles. The summed E-state index contributed by atoms with van der Waals surface area (Å²) in [6.45, 7) is 6.86. The highest BCUT2D eigenvalue weighted by atomic mass is 16.5. The molecule has 40 heavy (non-hydrogen) atoms. The molecule has 0 bridgehead atoms. The fourth-order valence-corrected chi connectivity index (χ4v) is 4.97. The third kappa shape index (κ3) is 5.66. The van der Waals surface area contributed by atoms with Gasteiger partial charge in [-0.15, -0.1) is 0 Å². The quantitative estimate of drug-likeness (QED) is 0.155. The van der Waals surface area contributed by atoms with Crippen LogP contribution in [0.15, 0.2) is 103 Å². The van der Waals surface area contributed by atoms with E-state index in [9.17, 15) is 14.7 Å². The van der Waals surface area contributed by atoms with Gasteiger partial charge in [0.15, 0.2) is 0 Å². The molecule has 1 amide bonds. The summed E-state index contributed by atoms with van der Waals surface area (Å²) in [6.07, 6.45) is 3.34. The summed E-state index contributed by atoms with van der Waals surface area (Å²) in [6, 6.07) is 25.8. The molecule has 1 fully saturated rings. The number of amides is 1. The second-order valence-corrected chi connectivity index (χ2v) is 10.4. The zero-order chi connectivity index (χ0) is 28.2. The highest BCUT2D eigenvalue weighted by molar-refractivity contribution is 6.46. The first kappa shape index (κ1) is 26.9. The Labute approximate surface area is 234 Å². The van der Waals surface area contributed by atoms with Crippen molar-refractivity contribution in [2.24, 2.45) is 0 Å². The molecule has 1 N–H and O–H groups in total. The number of aliphatic hydroxyl groups excluding tert-OH is 1. The van der Waals surface area contributed by atoms with Crippen LogP contribution in [0.3, 0.4) is 0 Å². The highest BCUT2D eigenvalue weighted by Crippen LogP contribution is 2.40. The largest absolute Gasteiger partial charge is 0.507 e. The molecule has 1 atom stereocenters. The Balaban J connectivity index is 1.48. The van der Waals surface area contributed by atoms with E-state index in [2.05, 4.69) is 24.9 Å². The van der Waals surface area contributed by atoms with Crippen LogP contribution in [-0.2, 0) is 22.7 Å². The number of Topliss-reactive ketones (excluding diaryl/α,β-unsaturated/α-hetero) is 1. The van der Waals surface area contributed by atoms with Crippen molar-refractivity contribution in [1.29, 1.82) is 0 Å². The number of rotatable bonds is 8. The first-order chi connectivity index (χ1) is 19.3. The number of hydrogen-bond acceptors (Lipinski definition) is 5. The zero-order valence-corrected chi connectivity index (χ0v) is 22.9. The lowest BCUT2D eigenvalue weighted by Crippen LogP contribution is -2.29. The predicted octanol–water partition coefficient (Wildman–Crippen LogP) is 6.71. The number of aliphatic hydroxyl groups is 1. The summed E-state index contributed by atoms with van der Waals surface area (Å²) >= 11 is 0. The SMILES string of the molecule is Cc1cccc(COc2ccc(C(O)=C3C(=O)C(=O)N(Cc4cccnc4)[C@H]3c3ccc(C(C)C)cc3)cc2)c1. The fourth-order valence-electron chi connectivity index (χ4n) is 4.97. The van der Waals surface area contributed by atoms with Crippen molar-refractivity contribution in [3.8, 4) is 5.75 Å². The Morgan fingerprint density at radius 1 is 0.950 bits per heavy atom. The maximum Gasteiger partial charge on any atom is 0.295 e. The van der Waals surface area contributed by atoms with E-state index in [1.165, 1.54) is 4.90 Å². The van der Waals surface area contributed by atoms with Crippen molar-refractivity contribution in [1.82, 2.24) is 9.88 Å². The number of ketones is 1. The molecular weight excluding hydrogens is 500 g/mol. The van der Waals surface area contributed by atoms with Crippen LogP contribution < -0.4 is 4.74 Å². The van der Waals surface area contributed by atoms with Crippen molar-refractivity contribution in [3.05, 3.63) is 136 Å². The monoisotopic (exact) mass is 532 g/mol. The highest BCUT2D eigenvalue weighted by Gasteiger charge is 2.46. The molecule has 1 aromatic heterocycles. The molecule has 202 valence electrons. The summed E-state index contributed by atoms with van der Waals surface area (Å²) in [7, 11) is 0. The number of carbonyl (C=O) groups is 2. The topological polar surface area (TPSA) is 79.7 Å². The molecule has 0 spiro atoms. The van der Waals surface area contributed by atoms with Gasteiger partial charge in [0, 0.05) is 24.5 Å². The van der Waals surface area contributed by atoms with Gasteiger partial charge in [0.25, 0.3) is 11.7 Å². The smallest absolute Gasteiger partial charge is 0.295 e. The maximum atomic E-state index is 13.4. The van der Waals surface area contributed by atoms with Crippen molar-refractivity contribution >= 4 is 17.4 Å². The molecule has 4 aromatic rings. The van der Waals surface area contributed by atoms with Crippen LogP contribution >= 0.6 is 0 Å². The van der Waals surface area contributed by atoms with E-state index in [0.29, 0.717) is 23.8 Å². The van der Waals surface area contributed by atoms with Crippen LogP contribution in [0.2, 0.25) is 0 Å². The number of likely N-dealkylation sites (tertiary alicyclic amines) is 1. The van der Waals surface area contributed by atoms with E-state index in [1.807, 2.05) is 55.5 Å². The summed E-state index contributed by atoms with van der Waals surface area (Å²) in [4.78, 5) is 32.3. The lowest BCUT2D eigenvalue weighted by molar-refractivity contribution is -0.140. The first-order valence-electron chi connectivity index (χ1n) is 13.4. The molecule has 0 radical (unpaired) electrons. The molecule has 6 nitrogen and oxygen atoms in total. The second-order valence-electron chi connectivity index (χ2n) is 10.4. The van der Waals surface area contributed by atoms with E-state index in [0.717, 1.165) is 27.8 Å². The van der Waals surface area contributed by atoms with Gasteiger partial charge < -0.3 is 14.7 Å². The van der Waals surface area contributed by atoms with Gasteiger partial charge in [-0.2, -0.15) is 0 Å². The van der Waals surface area contributed by atoms with Crippen molar-refractivity contribution in [3.63, 3.8) is 0 Å². The Hall–Kier alpha value is -4.71. The number of benzene rings is 3. The van der Waals surface area contributed by atoms with E-state index < -0.39 is 17.7 Å². The molecule has 6 heteroatoms. The Bertz CT molecular complexity index is 1540. The van der Waals surface area contributed by atoms with E-state index in [1.54, 1.807) is 42.7 Å². The molecule has 1 saturated heterocycles. The van der Waals surface area contributed by atoms with Gasteiger partial charge in [-0.3, -0.25) is 14.6 Å². The van der Waals surface area contributed by atoms with Crippen LogP contribution in [0.1, 0.15) is 59.2 Å². The van der Waals surface area contributed by atoms with Crippen LogP contribution in [0.5, 0.6) is 5.75 Å². The van der Waals surface area contributed by atoms with Gasteiger partial charge in [-0.1, -0.05) is 74.0 Å². The lowest BCUT2D eigenvalue weighted by atomic mass is 9.93. The Kier molecular flexibility index (Phi) is 7.78. The number of hydrogen-bond donors (Lipinski definition) is 1. The minimum absolute atomic E-state index is 0.0691. The molecule has 2 heterocycles. The molecule has 1 aliphatic rings. The average molecular weight is 533 g/mol. The Morgan fingerprint density at radius 2 is 1.68 bits per heavy atom. The second kappa shape index (κ2) is 11.6. The van der Waals surface area contributed by atoms with E-state index >= 15 is 0 Å². The molecule has 0 unspecified atom stereocenters. The number of aromatic nitrogens is 1. The number of nitrogens with zero attached hydrogens (tertiary/aromatic N) is 2. The number of ether oxygens (including phenoxy) is 1.